The Bertz CT molecular complexity index is 866. The Balaban J connectivity index is 1.41. The van der Waals surface area contributed by atoms with Crippen molar-refractivity contribution in [2.75, 3.05) is 24.5 Å². The molecule has 146 valence electrons. The van der Waals surface area contributed by atoms with Gasteiger partial charge in [-0.25, -0.2) is 22.5 Å². The molecule has 1 aromatic carbocycles. The smallest absolute Gasteiger partial charge is 0.243 e. The van der Waals surface area contributed by atoms with Gasteiger partial charge in [-0.2, -0.15) is 0 Å². The molecule has 0 aliphatic carbocycles. The largest absolute Gasteiger partial charge is 0.353 e. The number of aromatic nitrogens is 1. The SMILES string of the molecule is O=C(CCNS(=O)(=O)c1ccccc1F)NC1CCN(c2nccs2)CC1. The monoisotopic (exact) mass is 412 g/mol. The molecule has 0 spiro atoms. The van der Waals surface area contributed by atoms with Crippen LogP contribution < -0.4 is 14.9 Å². The van der Waals surface area contributed by atoms with E-state index < -0.39 is 20.7 Å². The minimum absolute atomic E-state index is 0.000374. The van der Waals surface area contributed by atoms with Crippen LogP contribution in [-0.2, 0) is 14.8 Å². The second kappa shape index (κ2) is 8.77. The van der Waals surface area contributed by atoms with Crippen LogP contribution >= 0.6 is 11.3 Å². The van der Waals surface area contributed by atoms with Crippen LogP contribution in [0.15, 0.2) is 40.7 Å². The zero-order valence-electron chi connectivity index (χ0n) is 14.6. The van der Waals surface area contributed by atoms with Crippen molar-refractivity contribution < 1.29 is 17.6 Å². The van der Waals surface area contributed by atoms with E-state index in [2.05, 4.69) is 19.9 Å². The van der Waals surface area contributed by atoms with Crippen molar-refractivity contribution in [1.29, 1.82) is 0 Å². The minimum Gasteiger partial charge on any atom is -0.353 e. The Labute approximate surface area is 161 Å². The predicted octanol–water partition coefficient (Wildman–Crippen LogP) is 1.74. The first kappa shape index (κ1) is 19.7. The maximum Gasteiger partial charge on any atom is 0.243 e. The van der Waals surface area contributed by atoms with Gasteiger partial charge in [0.15, 0.2) is 5.13 Å². The van der Waals surface area contributed by atoms with Gasteiger partial charge in [0.2, 0.25) is 15.9 Å². The minimum atomic E-state index is -3.97. The maximum atomic E-state index is 13.6. The Kier molecular flexibility index (Phi) is 6.40. The Morgan fingerprint density at radius 3 is 2.70 bits per heavy atom. The first-order valence-corrected chi connectivity index (χ1v) is 11.0. The number of piperidine rings is 1. The molecule has 0 atom stereocenters. The predicted molar refractivity (Wildman–Crippen MR) is 102 cm³/mol. The maximum absolute atomic E-state index is 13.6. The highest BCUT2D eigenvalue weighted by Gasteiger charge is 2.22. The molecule has 0 radical (unpaired) electrons. The summed E-state index contributed by atoms with van der Waals surface area (Å²) in [6.45, 7) is 1.55. The zero-order valence-corrected chi connectivity index (χ0v) is 16.2. The van der Waals surface area contributed by atoms with E-state index in [0.717, 1.165) is 37.1 Å². The molecule has 2 N–H and O–H groups in total. The summed E-state index contributed by atoms with van der Waals surface area (Å²) in [7, 11) is -3.97. The molecule has 1 aromatic heterocycles. The van der Waals surface area contributed by atoms with Crippen LogP contribution in [0.3, 0.4) is 0 Å². The molecule has 0 bridgehead atoms. The number of hydrogen-bond donors (Lipinski definition) is 2. The van der Waals surface area contributed by atoms with Crippen molar-refractivity contribution in [3.05, 3.63) is 41.7 Å². The van der Waals surface area contributed by atoms with Crippen LogP contribution in [0.5, 0.6) is 0 Å². The summed E-state index contributed by atoms with van der Waals surface area (Å²) in [5.74, 6) is -1.04. The molecule has 2 heterocycles. The van der Waals surface area contributed by atoms with Crippen LogP contribution in [0.25, 0.3) is 0 Å². The molecular formula is C17H21FN4O3S2. The van der Waals surface area contributed by atoms with Crippen LogP contribution in [0.1, 0.15) is 19.3 Å². The molecule has 1 aliphatic heterocycles. The fourth-order valence-electron chi connectivity index (χ4n) is 2.93. The van der Waals surface area contributed by atoms with Crippen LogP contribution in [-0.4, -0.2) is 45.0 Å². The average molecular weight is 413 g/mol. The number of halogens is 1. The van der Waals surface area contributed by atoms with Gasteiger partial charge in [-0.3, -0.25) is 4.79 Å². The van der Waals surface area contributed by atoms with Crippen molar-refractivity contribution in [3.8, 4) is 0 Å². The standard InChI is InChI=1S/C17H21FN4O3S2/c18-14-3-1-2-4-15(14)27(24,25)20-8-5-16(23)21-13-6-10-22(11-7-13)17-19-9-12-26-17/h1-4,9,12-13,20H,5-8,10-11H2,(H,21,23). The van der Waals surface area contributed by atoms with Crippen LogP contribution in [0.4, 0.5) is 9.52 Å². The average Bonchev–Trinajstić information content (AvgIpc) is 3.17. The van der Waals surface area contributed by atoms with E-state index in [-0.39, 0.29) is 24.9 Å². The lowest BCUT2D eigenvalue weighted by molar-refractivity contribution is -0.121. The highest BCUT2D eigenvalue weighted by molar-refractivity contribution is 7.89. The van der Waals surface area contributed by atoms with Crippen molar-refractivity contribution in [2.45, 2.75) is 30.2 Å². The van der Waals surface area contributed by atoms with Gasteiger partial charge < -0.3 is 10.2 Å². The van der Waals surface area contributed by atoms with E-state index in [1.165, 1.54) is 18.2 Å². The lowest BCUT2D eigenvalue weighted by atomic mass is 10.1. The second-order valence-corrected chi connectivity index (χ2v) is 8.83. The third-order valence-corrected chi connectivity index (χ3v) is 6.65. The highest BCUT2D eigenvalue weighted by atomic mass is 32.2. The van der Waals surface area contributed by atoms with Crippen LogP contribution in [0, 0.1) is 5.82 Å². The van der Waals surface area contributed by atoms with E-state index >= 15 is 0 Å². The van der Waals surface area contributed by atoms with Crippen molar-refractivity contribution in [1.82, 2.24) is 15.0 Å². The van der Waals surface area contributed by atoms with Crippen molar-refractivity contribution >= 4 is 32.4 Å². The molecule has 2 aromatic rings. The van der Waals surface area contributed by atoms with Gasteiger partial charge in [-0.15, -0.1) is 11.3 Å². The molecule has 1 saturated heterocycles. The number of thiazole rings is 1. The van der Waals surface area contributed by atoms with E-state index in [1.807, 2.05) is 5.38 Å². The van der Waals surface area contributed by atoms with E-state index in [4.69, 9.17) is 0 Å². The second-order valence-electron chi connectivity index (χ2n) is 6.22. The number of nitrogens with zero attached hydrogens (tertiary/aromatic N) is 2. The van der Waals surface area contributed by atoms with Crippen molar-refractivity contribution in [3.63, 3.8) is 0 Å². The fourth-order valence-corrected chi connectivity index (χ4v) is 4.73. The fraction of sp³-hybridized carbons (Fsp3) is 0.412. The van der Waals surface area contributed by atoms with E-state index in [0.29, 0.717) is 0 Å². The first-order valence-electron chi connectivity index (χ1n) is 8.64. The third-order valence-electron chi connectivity index (χ3n) is 4.32. The number of carbonyl (C=O) groups excluding carboxylic acids is 1. The van der Waals surface area contributed by atoms with Crippen molar-refractivity contribution in [2.24, 2.45) is 0 Å². The number of rotatable bonds is 7. The molecule has 0 unspecified atom stereocenters. The number of sulfonamides is 1. The molecule has 7 nitrogen and oxygen atoms in total. The molecular weight excluding hydrogens is 391 g/mol. The highest BCUT2D eigenvalue weighted by Crippen LogP contribution is 2.22. The quantitative estimate of drug-likeness (QED) is 0.723. The summed E-state index contributed by atoms with van der Waals surface area (Å²) in [5, 5.41) is 5.85. The Morgan fingerprint density at radius 1 is 1.30 bits per heavy atom. The Morgan fingerprint density at radius 2 is 2.04 bits per heavy atom. The van der Waals surface area contributed by atoms with Gasteiger partial charge in [0, 0.05) is 43.7 Å². The van der Waals surface area contributed by atoms with E-state index in [1.54, 1.807) is 17.5 Å². The molecule has 1 aliphatic rings. The molecule has 1 fully saturated rings. The summed E-state index contributed by atoms with van der Waals surface area (Å²) >= 11 is 1.59. The summed E-state index contributed by atoms with van der Waals surface area (Å²) in [6, 6.07) is 5.20. The van der Waals surface area contributed by atoms with Gasteiger partial charge in [0.25, 0.3) is 0 Å². The van der Waals surface area contributed by atoms with Gasteiger partial charge in [-0.05, 0) is 25.0 Å². The molecule has 1 amide bonds. The summed E-state index contributed by atoms with van der Waals surface area (Å²) in [5.41, 5.74) is 0. The number of amides is 1. The van der Waals surface area contributed by atoms with Gasteiger partial charge in [0.05, 0.1) is 0 Å². The third kappa shape index (κ3) is 5.24. The lowest BCUT2D eigenvalue weighted by Gasteiger charge is -2.32. The number of benzene rings is 1. The number of hydrogen-bond acceptors (Lipinski definition) is 6. The number of nitrogens with one attached hydrogen (secondary N) is 2. The van der Waals surface area contributed by atoms with E-state index in [9.17, 15) is 17.6 Å². The van der Waals surface area contributed by atoms with Gasteiger partial charge in [-0.1, -0.05) is 12.1 Å². The van der Waals surface area contributed by atoms with Gasteiger partial charge in [0.1, 0.15) is 10.7 Å². The zero-order chi connectivity index (χ0) is 19.3. The number of anilines is 1. The molecule has 3 rings (SSSR count). The lowest BCUT2D eigenvalue weighted by Crippen LogP contribution is -2.45. The molecule has 0 saturated carbocycles. The normalized spacial score (nSPS) is 15.7. The van der Waals surface area contributed by atoms with Gasteiger partial charge >= 0.3 is 0 Å². The number of carbonyl (C=O) groups is 1. The summed E-state index contributed by atoms with van der Waals surface area (Å²) < 4.78 is 40.0. The molecule has 27 heavy (non-hydrogen) atoms. The summed E-state index contributed by atoms with van der Waals surface area (Å²) in [6.07, 6.45) is 3.40. The molecule has 10 heteroatoms. The Hall–Kier alpha value is -2.04. The topological polar surface area (TPSA) is 91.4 Å². The summed E-state index contributed by atoms with van der Waals surface area (Å²) in [4.78, 5) is 18.1. The first-order chi connectivity index (χ1) is 13.0. The van der Waals surface area contributed by atoms with Crippen LogP contribution in [0.2, 0.25) is 0 Å².